The van der Waals surface area contributed by atoms with Crippen LogP contribution in [0.2, 0.25) is 0 Å². The molecule has 0 radical (unpaired) electrons. The molecule has 1 rings (SSSR count). The highest BCUT2D eigenvalue weighted by Crippen LogP contribution is 2.20. The Morgan fingerprint density at radius 2 is 1.89 bits per heavy atom. The largest absolute Gasteiger partial charge is 0.478 e. The molecular weight excluding hydrogens is 272 g/mol. The maximum Gasteiger partial charge on any atom is 0.330 e. The van der Waals surface area contributed by atoms with Crippen LogP contribution in [-0.4, -0.2) is 31.5 Å². The van der Waals surface area contributed by atoms with Gasteiger partial charge in [0.05, 0.1) is 4.90 Å². The van der Waals surface area contributed by atoms with Crippen molar-refractivity contribution in [2.45, 2.75) is 16.7 Å². The first kappa shape index (κ1) is 14.8. The highest BCUT2D eigenvalue weighted by molar-refractivity contribution is 7.99. The van der Waals surface area contributed by atoms with Crippen molar-refractivity contribution in [3.8, 4) is 0 Å². The Morgan fingerprint density at radius 3 is 2.33 bits per heavy atom. The van der Waals surface area contributed by atoms with Crippen molar-refractivity contribution < 1.29 is 18.3 Å². The zero-order valence-electron chi connectivity index (χ0n) is 10.1. The zero-order valence-corrected chi connectivity index (χ0v) is 11.7. The second-order valence-corrected chi connectivity index (χ2v) is 6.86. The molecule has 1 N–H and O–H groups in total. The van der Waals surface area contributed by atoms with E-state index in [0.29, 0.717) is 11.3 Å². The average molecular weight is 286 g/mol. The molecule has 0 aliphatic rings. The molecule has 0 fully saturated rings. The minimum Gasteiger partial charge on any atom is -0.478 e. The lowest BCUT2D eigenvalue weighted by molar-refractivity contribution is -0.132. The van der Waals surface area contributed by atoms with Crippen LogP contribution in [0.5, 0.6) is 0 Å². The summed E-state index contributed by atoms with van der Waals surface area (Å²) in [5, 5.41) is 8.66. The first-order valence-corrected chi connectivity index (χ1v) is 8.01. The van der Waals surface area contributed by atoms with Crippen LogP contribution in [-0.2, 0) is 14.6 Å². The van der Waals surface area contributed by atoms with Crippen LogP contribution in [0.3, 0.4) is 0 Å². The molecule has 0 bridgehead atoms. The fraction of sp³-hybridized carbons (Fsp3) is 0.250. The maximum atomic E-state index is 11.2. The van der Waals surface area contributed by atoms with Gasteiger partial charge in [-0.1, -0.05) is 6.08 Å². The van der Waals surface area contributed by atoms with E-state index in [0.717, 1.165) is 11.2 Å². The van der Waals surface area contributed by atoms with Gasteiger partial charge in [-0.05, 0) is 31.2 Å². The molecular formula is C12H14O4S2. The monoisotopic (exact) mass is 286 g/mol. The molecule has 0 heterocycles. The average Bonchev–Trinajstić information content (AvgIpc) is 2.28. The molecule has 4 nitrogen and oxygen atoms in total. The van der Waals surface area contributed by atoms with Crippen LogP contribution in [0, 0.1) is 0 Å². The quantitative estimate of drug-likeness (QED) is 0.663. The van der Waals surface area contributed by atoms with Gasteiger partial charge >= 0.3 is 5.97 Å². The third-order valence-electron chi connectivity index (χ3n) is 2.23. The second kappa shape index (κ2) is 6.06. The fourth-order valence-corrected chi connectivity index (χ4v) is 2.62. The third-order valence-corrected chi connectivity index (χ3v) is 4.30. The summed E-state index contributed by atoms with van der Waals surface area (Å²) in [6, 6.07) is 6.52. The van der Waals surface area contributed by atoms with Crippen LogP contribution in [0.1, 0.15) is 6.92 Å². The number of hydrogen-bond donors (Lipinski definition) is 1. The minimum atomic E-state index is -3.16. The summed E-state index contributed by atoms with van der Waals surface area (Å²) < 4.78 is 22.5. The third kappa shape index (κ3) is 4.54. The van der Waals surface area contributed by atoms with Gasteiger partial charge in [0.25, 0.3) is 0 Å². The summed E-state index contributed by atoms with van der Waals surface area (Å²) in [6.07, 6.45) is 2.78. The molecule has 0 atom stereocenters. The fourth-order valence-electron chi connectivity index (χ4n) is 1.13. The van der Waals surface area contributed by atoms with Crippen molar-refractivity contribution in [1.29, 1.82) is 0 Å². The summed E-state index contributed by atoms with van der Waals surface area (Å²) in [5.41, 5.74) is 0.301. The second-order valence-electron chi connectivity index (χ2n) is 3.75. The highest BCUT2D eigenvalue weighted by atomic mass is 32.2. The molecule has 0 unspecified atom stereocenters. The lowest BCUT2D eigenvalue weighted by Gasteiger charge is -2.01. The van der Waals surface area contributed by atoms with E-state index in [1.54, 1.807) is 30.3 Å². The zero-order chi connectivity index (χ0) is 13.8. The number of benzene rings is 1. The number of thioether (sulfide) groups is 1. The Hall–Kier alpha value is -1.27. The van der Waals surface area contributed by atoms with Crippen molar-refractivity contribution in [1.82, 2.24) is 0 Å². The summed E-state index contributed by atoms with van der Waals surface area (Å²) in [6.45, 7) is 1.54. The predicted octanol–water partition coefficient (Wildman–Crippen LogP) is 2.21. The van der Waals surface area contributed by atoms with Gasteiger partial charge < -0.3 is 5.11 Å². The molecule has 0 amide bonds. The van der Waals surface area contributed by atoms with Crippen LogP contribution in [0.15, 0.2) is 45.7 Å². The van der Waals surface area contributed by atoms with Crippen molar-refractivity contribution in [2.24, 2.45) is 0 Å². The van der Waals surface area contributed by atoms with E-state index in [1.165, 1.54) is 18.7 Å². The van der Waals surface area contributed by atoms with Gasteiger partial charge in [-0.15, -0.1) is 11.8 Å². The lowest BCUT2D eigenvalue weighted by Crippen LogP contribution is -1.96. The predicted molar refractivity (Wildman–Crippen MR) is 71.7 cm³/mol. The summed E-state index contributed by atoms with van der Waals surface area (Å²) in [5.74, 6) is -0.390. The van der Waals surface area contributed by atoms with Crippen LogP contribution in [0.4, 0.5) is 0 Å². The van der Waals surface area contributed by atoms with Gasteiger partial charge in [0.2, 0.25) is 0 Å². The van der Waals surface area contributed by atoms with Gasteiger partial charge in [0.15, 0.2) is 9.84 Å². The van der Waals surface area contributed by atoms with Crippen molar-refractivity contribution in [2.75, 3.05) is 12.0 Å². The van der Waals surface area contributed by atoms with E-state index in [4.69, 9.17) is 5.11 Å². The number of carbonyl (C=O) groups is 1. The molecule has 1 aromatic rings. The van der Waals surface area contributed by atoms with Crippen molar-refractivity contribution in [3.63, 3.8) is 0 Å². The van der Waals surface area contributed by atoms with Gasteiger partial charge in [0.1, 0.15) is 0 Å². The van der Waals surface area contributed by atoms with Crippen LogP contribution < -0.4 is 0 Å². The number of sulfone groups is 1. The van der Waals surface area contributed by atoms with Gasteiger partial charge in [-0.25, -0.2) is 13.2 Å². The first-order valence-electron chi connectivity index (χ1n) is 5.13. The Kier molecular flexibility index (Phi) is 4.98. The maximum absolute atomic E-state index is 11.2. The summed E-state index contributed by atoms with van der Waals surface area (Å²) in [7, 11) is -3.16. The van der Waals surface area contributed by atoms with Crippen molar-refractivity contribution in [3.05, 3.63) is 35.9 Å². The van der Waals surface area contributed by atoms with Gasteiger partial charge in [-0.3, -0.25) is 0 Å². The number of aliphatic carboxylic acids is 1. The Bertz CT molecular complexity index is 556. The number of hydrogen-bond acceptors (Lipinski definition) is 4. The molecule has 0 aromatic heterocycles. The van der Waals surface area contributed by atoms with E-state index in [-0.39, 0.29) is 4.90 Å². The lowest BCUT2D eigenvalue weighted by atomic mass is 10.3. The first-order chi connectivity index (χ1) is 8.30. The Morgan fingerprint density at radius 1 is 1.33 bits per heavy atom. The minimum absolute atomic E-state index is 0.282. The smallest absolute Gasteiger partial charge is 0.330 e. The molecule has 0 spiro atoms. The normalized spacial score (nSPS) is 12.4. The summed E-state index contributed by atoms with van der Waals surface area (Å²) in [4.78, 5) is 11.7. The van der Waals surface area contributed by atoms with E-state index in [2.05, 4.69) is 0 Å². The number of rotatable bonds is 5. The molecule has 0 saturated heterocycles. The molecule has 0 saturated carbocycles. The number of carboxylic acid groups (broad SMARTS) is 1. The van der Waals surface area contributed by atoms with Gasteiger partial charge in [-0.2, -0.15) is 0 Å². The van der Waals surface area contributed by atoms with E-state index < -0.39 is 15.8 Å². The van der Waals surface area contributed by atoms with Crippen molar-refractivity contribution >= 4 is 27.6 Å². The molecule has 98 valence electrons. The Balaban J connectivity index is 2.66. The molecule has 1 aromatic carbocycles. The molecule has 0 aliphatic carbocycles. The Labute approximate surface area is 111 Å². The molecule has 18 heavy (non-hydrogen) atoms. The van der Waals surface area contributed by atoms with Crippen LogP contribution >= 0.6 is 11.8 Å². The standard InChI is InChI=1S/C12H14O4S2/c1-9(12(13)14)7-8-17-10-3-5-11(6-4-10)18(2,15)16/h3-7H,8H2,1-2H3,(H,13,14). The van der Waals surface area contributed by atoms with E-state index >= 15 is 0 Å². The van der Waals surface area contributed by atoms with Crippen LogP contribution in [0.25, 0.3) is 0 Å². The topological polar surface area (TPSA) is 71.4 Å². The summed E-state index contributed by atoms with van der Waals surface area (Å²) >= 11 is 1.45. The number of carboxylic acids is 1. The SMILES string of the molecule is CC(=CCSc1ccc(S(C)(=O)=O)cc1)C(=O)O. The van der Waals surface area contributed by atoms with Gasteiger partial charge in [0, 0.05) is 22.5 Å². The molecule has 0 aliphatic heterocycles. The van der Waals surface area contributed by atoms with E-state index in [1.807, 2.05) is 0 Å². The molecule has 6 heteroatoms. The highest BCUT2D eigenvalue weighted by Gasteiger charge is 2.06. The van der Waals surface area contributed by atoms with E-state index in [9.17, 15) is 13.2 Å².